The molecule has 1 amide bonds. The van der Waals surface area contributed by atoms with Crippen LogP contribution >= 0.6 is 0 Å². The molecule has 0 bridgehead atoms. The third kappa shape index (κ3) is 3.56. The van der Waals surface area contributed by atoms with E-state index < -0.39 is 0 Å². The van der Waals surface area contributed by atoms with Gasteiger partial charge in [0, 0.05) is 18.3 Å². The van der Waals surface area contributed by atoms with E-state index in [1.54, 1.807) is 24.1 Å². The van der Waals surface area contributed by atoms with Crippen LogP contribution in [-0.4, -0.2) is 40.5 Å². The first-order valence-corrected chi connectivity index (χ1v) is 7.38. The van der Waals surface area contributed by atoms with Crippen LogP contribution in [0.4, 0.5) is 5.69 Å². The van der Waals surface area contributed by atoms with Gasteiger partial charge in [-0.3, -0.25) is 9.59 Å². The predicted molar refractivity (Wildman–Crippen MR) is 79.9 cm³/mol. The van der Waals surface area contributed by atoms with Crippen molar-refractivity contribution in [1.82, 2.24) is 9.47 Å². The third-order valence-corrected chi connectivity index (χ3v) is 3.50. The molecule has 1 fully saturated rings. The van der Waals surface area contributed by atoms with E-state index in [4.69, 9.17) is 10.5 Å². The van der Waals surface area contributed by atoms with E-state index >= 15 is 0 Å². The fourth-order valence-electron chi connectivity index (χ4n) is 2.35. The molecule has 1 saturated carbocycles. The second-order valence-electron chi connectivity index (χ2n) is 5.63. The molecule has 2 N–H and O–H groups in total. The van der Waals surface area contributed by atoms with Gasteiger partial charge in [-0.05, 0) is 39.7 Å². The molecular formula is C15H23N3O3. The lowest BCUT2D eigenvalue weighted by Crippen LogP contribution is -2.39. The molecule has 0 atom stereocenters. The Morgan fingerprint density at radius 2 is 2.14 bits per heavy atom. The first-order chi connectivity index (χ1) is 9.93. The molecule has 0 saturated heterocycles. The van der Waals surface area contributed by atoms with Crippen LogP contribution < -0.4 is 5.73 Å². The van der Waals surface area contributed by atoms with Gasteiger partial charge in [-0.1, -0.05) is 0 Å². The Kier molecular flexibility index (Phi) is 4.55. The van der Waals surface area contributed by atoms with E-state index in [0.29, 0.717) is 18.0 Å². The summed E-state index contributed by atoms with van der Waals surface area (Å²) in [5, 5.41) is 0. The van der Waals surface area contributed by atoms with Crippen molar-refractivity contribution in [2.45, 2.75) is 45.7 Å². The van der Waals surface area contributed by atoms with Gasteiger partial charge >= 0.3 is 5.97 Å². The number of nitrogen functional groups attached to an aromatic ring is 1. The van der Waals surface area contributed by atoms with Gasteiger partial charge in [0.1, 0.15) is 12.2 Å². The van der Waals surface area contributed by atoms with Gasteiger partial charge in [0.25, 0.3) is 5.91 Å². The van der Waals surface area contributed by atoms with Crippen molar-refractivity contribution >= 4 is 17.6 Å². The summed E-state index contributed by atoms with van der Waals surface area (Å²) in [7, 11) is 0. The van der Waals surface area contributed by atoms with Crippen molar-refractivity contribution in [3.05, 3.63) is 18.0 Å². The van der Waals surface area contributed by atoms with E-state index in [1.165, 1.54) is 0 Å². The van der Waals surface area contributed by atoms with Crippen LogP contribution in [0.3, 0.4) is 0 Å². The molecule has 0 aliphatic heterocycles. The average molecular weight is 293 g/mol. The minimum absolute atomic E-state index is 0.000516. The molecule has 1 aromatic heterocycles. The van der Waals surface area contributed by atoms with Gasteiger partial charge in [-0.15, -0.1) is 0 Å². The van der Waals surface area contributed by atoms with Crippen LogP contribution in [0.1, 0.15) is 50.1 Å². The normalized spacial score (nSPS) is 14.3. The number of carbonyl (C=O) groups is 2. The van der Waals surface area contributed by atoms with Crippen molar-refractivity contribution in [3.8, 4) is 0 Å². The summed E-state index contributed by atoms with van der Waals surface area (Å²) in [5.41, 5.74) is 6.89. The summed E-state index contributed by atoms with van der Waals surface area (Å²) in [6.45, 7) is 6.05. The Balaban J connectivity index is 2.20. The molecule has 6 heteroatoms. The molecule has 1 aromatic rings. The number of carbonyl (C=O) groups excluding carboxylic acids is 2. The molecule has 21 heavy (non-hydrogen) atoms. The highest BCUT2D eigenvalue weighted by molar-refractivity contribution is 5.96. The van der Waals surface area contributed by atoms with Gasteiger partial charge in [0.15, 0.2) is 0 Å². The quantitative estimate of drug-likeness (QED) is 0.812. The molecule has 116 valence electrons. The van der Waals surface area contributed by atoms with Gasteiger partial charge in [0.05, 0.1) is 12.3 Å². The van der Waals surface area contributed by atoms with Gasteiger partial charge in [-0.25, -0.2) is 0 Å². The fraction of sp³-hybridized carbons (Fsp3) is 0.600. The van der Waals surface area contributed by atoms with Crippen molar-refractivity contribution in [3.63, 3.8) is 0 Å². The number of ether oxygens (including phenoxy) is 1. The predicted octanol–water partition coefficient (Wildman–Crippen LogP) is 1.82. The summed E-state index contributed by atoms with van der Waals surface area (Å²) < 4.78 is 6.80. The Hall–Kier alpha value is -1.98. The van der Waals surface area contributed by atoms with Gasteiger partial charge in [0.2, 0.25) is 0 Å². The maximum absolute atomic E-state index is 12.7. The number of esters is 1. The number of aromatic nitrogens is 1. The smallest absolute Gasteiger partial charge is 0.325 e. The molecule has 0 spiro atoms. The number of nitrogens with two attached hydrogens (primary N) is 1. The highest BCUT2D eigenvalue weighted by Crippen LogP contribution is 2.29. The number of nitrogens with zero attached hydrogens (tertiary/aromatic N) is 2. The number of anilines is 1. The minimum Gasteiger partial charge on any atom is -0.465 e. The Morgan fingerprint density at radius 1 is 1.48 bits per heavy atom. The monoisotopic (exact) mass is 293 g/mol. The van der Waals surface area contributed by atoms with Crippen LogP contribution in [0.5, 0.6) is 0 Å². The highest BCUT2D eigenvalue weighted by Gasteiger charge is 2.36. The lowest BCUT2D eigenvalue weighted by molar-refractivity contribution is -0.144. The molecule has 1 aliphatic rings. The van der Waals surface area contributed by atoms with Crippen molar-refractivity contribution in [2.24, 2.45) is 0 Å². The van der Waals surface area contributed by atoms with Crippen LogP contribution in [-0.2, 0) is 9.53 Å². The third-order valence-electron chi connectivity index (χ3n) is 3.50. The molecular weight excluding hydrogens is 270 g/mol. The maximum atomic E-state index is 12.7. The molecule has 2 rings (SSSR count). The number of hydrogen-bond acceptors (Lipinski definition) is 4. The number of hydrogen-bond donors (Lipinski definition) is 1. The van der Waals surface area contributed by atoms with Crippen LogP contribution in [0.25, 0.3) is 0 Å². The fourth-order valence-corrected chi connectivity index (χ4v) is 2.35. The van der Waals surface area contributed by atoms with Gasteiger partial charge < -0.3 is 19.9 Å². The van der Waals surface area contributed by atoms with E-state index in [2.05, 4.69) is 0 Å². The van der Waals surface area contributed by atoms with Crippen molar-refractivity contribution in [2.75, 3.05) is 18.9 Å². The summed E-state index contributed by atoms with van der Waals surface area (Å²) >= 11 is 0. The molecule has 1 heterocycles. The van der Waals surface area contributed by atoms with Crippen LogP contribution in [0.15, 0.2) is 12.3 Å². The van der Waals surface area contributed by atoms with Crippen LogP contribution in [0.2, 0.25) is 0 Å². The molecule has 0 aromatic carbocycles. The summed E-state index contributed by atoms with van der Waals surface area (Å²) in [6.07, 6.45) is 3.62. The highest BCUT2D eigenvalue weighted by atomic mass is 16.5. The Labute approximate surface area is 124 Å². The lowest BCUT2D eigenvalue weighted by atomic mass is 10.3. The average Bonchev–Trinajstić information content (AvgIpc) is 3.17. The Morgan fingerprint density at radius 3 is 2.67 bits per heavy atom. The van der Waals surface area contributed by atoms with E-state index in [0.717, 1.165) is 12.8 Å². The minimum atomic E-state index is -0.367. The van der Waals surface area contributed by atoms with E-state index in [1.807, 2.05) is 18.4 Å². The number of rotatable bonds is 6. The second-order valence-corrected chi connectivity index (χ2v) is 5.63. The summed E-state index contributed by atoms with van der Waals surface area (Å²) in [5.74, 6) is -0.524. The zero-order valence-electron chi connectivity index (χ0n) is 12.8. The van der Waals surface area contributed by atoms with Crippen LogP contribution in [0, 0.1) is 0 Å². The van der Waals surface area contributed by atoms with Crippen molar-refractivity contribution in [1.29, 1.82) is 0 Å². The maximum Gasteiger partial charge on any atom is 0.325 e. The summed E-state index contributed by atoms with van der Waals surface area (Å²) in [6, 6.07) is 1.94. The molecule has 1 aliphatic carbocycles. The SMILES string of the molecule is CCOC(=O)CN(C(=O)c1cc(N)cn1C(C)C)C1CC1. The topological polar surface area (TPSA) is 77.6 Å². The zero-order chi connectivity index (χ0) is 15.6. The molecule has 6 nitrogen and oxygen atoms in total. The first kappa shape index (κ1) is 15.4. The van der Waals surface area contributed by atoms with Gasteiger partial charge in [-0.2, -0.15) is 0 Å². The van der Waals surface area contributed by atoms with Crippen molar-refractivity contribution < 1.29 is 14.3 Å². The Bertz CT molecular complexity index is 532. The van der Waals surface area contributed by atoms with E-state index in [9.17, 15) is 9.59 Å². The molecule has 0 unspecified atom stereocenters. The lowest BCUT2D eigenvalue weighted by Gasteiger charge is -2.23. The van der Waals surface area contributed by atoms with E-state index in [-0.39, 0.29) is 30.5 Å². The molecule has 0 radical (unpaired) electrons. The standard InChI is InChI=1S/C15H23N3O3/c1-4-21-14(19)9-18(12-5-6-12)15(20)13-7-11(16)8-17(13)10(2)3/h7-8,10,12H,4-6,9,16H2,1-3H3. The second kappa shape index (κ2) is 6.20. The zero-order valence-corrected chi connectivity index (χ0v) is 12.8. The first-order valence-electron chi connectivity index (χ1n) is 7.38. The number of amides is 1. The largest absolute Gasteiger partial charge is 0.465 e. The summed E-state index contributed by atoms with van der Waals surface area (Å²) in [4.78, 5) is 26.0.